The normalized spacial score (nSPS) is 11.6. The van der Waals surface area contributed by atoms with Crippen molar-refractivity contribution in [1.29, 1.82) is 5.26 Å². The summed E-state index contributed by atoms with van der Waals surface area (Å²) in [7, 11) is 1.98. The minimum absolute atomic E-state index is 0.379. The molecular formula is C9H18N2. The molecule has 0 bridgehead atoms. The molecule has 0 aromatic carbocycles. The highest BCUT2D eigenvalue weighted by Gasteiger charge is 2.10. The first-order valence-electron chi connectivity index (χ1n) is 4.01. The van der Waals surface area contributed by atoms with Crippen LogP contribution in [-0.4, -0.2) is 25.0 Å². The maximum Gasteiger partial charge on any atom is 0.0863 e. The van der Waals surface area contributed by atoms with Crippen LogP contribution in [0.1, 0.15) is 27.2 Å². The zero-order chi connectivity index (χ0) is 8.91. The first-order chi connectivity index (χ1) is 4.95. The summed E-state index contributed by atoms with van der Waals surface area (Å²) in [5, 5.41) is 8.37. The van der Waals surface area contributed by atoms with E-state index >= 15 is 0 Å². The molecule has 0 heterocycles. The molecule has 0 atom stereocenters. The summed E-state index contributed by atoms with van der Waals surface area (Å²) >= 11 is 0. The molecule has 64 valence electrons. The van der Waals surface area contributed by atoms with Crippen molar-refractivity contribution in [1.82, 2.24) is 4.90 Å². The topological polar surface area (TPSA) is 27.0 Å². The predicted octanol–water partition coefficient (Wildman–Crippen LogP) is 1.88. The van der Waals surface area contributed by atoms with Gasteiger partial charge in [0.05, 0.1) is 12.6 Å². The number of hydrogen-bond acceptors (Lipinski definition) is 2. The van der Waals surface area contributed by atoms with E-state index in [1.54, 1.807) is 0 Å². The highest BCUT2D eigenvalue weighted by molar-refractivity contribution is 4.75. The molecule has 0 unspecified atom stereocenters. The molecule has 0 fully saturated rings. The maximum absolute atomic E-state index is 8.37. The summed E-state index contributed by atoms with van der Waals surface area (Å²) in [6, 6.07) is 2.13. The summed E-state index contributed by atoms with van der Waals surface area (Å²) < 4.78 is 0. The predicted molar refractivity (Wildman–Crippen MR) is 47.2 cm³/mol. The molecule has 0 N–H and O–H groups in total. The lowest BCUT2D eigenvalue weighted by Gasteiger charge is -2.21. The summed E-state index contributed by atoms with van der Waals surface area (Å²) in [5.74, 6) is 0. The van der Waals surface area contributed by atoms with Crippen LogP contribution in [0.2, 0.25) is 0 Å². The molecule has 0 amide bonds. The van der Waals surface area contributed by atoms with Gasteiger partial charge in [-0.3, -0.25) is 4.90 Å². The van der Waals surface area contributed by atoms with E-state index in [0.717, 1.165) is 13.0 Å². The van der Waals surface area contributed by atoms with Crippen LogP contribution in [0.4, 0.5) is 0 Å². The minimum atomic E-state index is 0.379. The first-order valence-corrected chi connectivity index (χ1v) is 4.01. The van der Waals surface area contributed by atoms with Crippen molar-refractivity contribution < 1.29 is 0 Å². The molecular weight excluding hydrogens is 136 g/mol. The highest BCUT2D eigenvalue weighted by atomic mass is 15.1. The number of nitriles is 1. The Hall–Kier alpha value is -0.550. The Morgan fingerprint density at radius 3 is 2.27 bits per heavy atom. The van der Waals surface area contributed by atoms with E-state index in [1.807, 2.05) is 11.9 Å². The van der Waals surface area contributed by atoms with Crippen LogP contribution in [0.5, 0.6) is 0 Å². The van der Waals surface area contributed by atoms with Crippen molar-refractivity contribution in [2.24, 2.45) is 5.41 Å². The van der Waals surface area contributed by atoms with Crippen molar-refractivity contribution in [3.8, 4) is 6.07 Å². The van der Waals surface area contributed by atoms with Gasteiger partial charge in [-0.05, 0) is 25.4 Å². The second-order valence-corrected chi connectivity index (χ2v) is 4.21. The highest BCUT2D eigenvalue weighted by Crippen LogP contribution is 2.18. The van der Waals surface area contributed by atoms with Gasteiger partial charge in [-0.15, -0.1) is 0 Å². The molecule has 0 aliphatic rings. The lowest BCUT2D eigenvalue weighted by Crippen LogP contribution is -2.23. The molecule has 0 saturated heterocycles. The number of hydrogen-bond donors (Lipinski definition) is 0. The molecule has 2 heteroatoms. The molecule has 0 rings (SSSR count). The van der Waals surface area contributed by atoms with Crippen LogP contribution in [0.15, 0.2) is 0 Å². The third-order valence-corrected chi connectivity index (χ3v) is 1.58. The molecule has 0 radical (unpaired) electrons. The Morgan fingerprint density at radius 2 is 1.91 bits per heavy atom. The van der Waals surface area contributed by atoms with Gasteiger partial charge in [0.1, 0.15) is 0 Å². The Kier molecular flexibility index (Phi) is 4.14. The molecule has 0 saturated carbocycles. The molecule has 0 spiro atoms. The van der Waals surface area contributed by atoms with Gasteiger partial charge in [-0.1, -0.05) is 20.8 Å². The van der Waals surface area contributed by atoms with Crippen LogP contribution >= 0.6 is 0 Å². The van der Waals surface area contributed by atoms with E-state index in [9.17, 15) is 0 Å². The minimum Gasteiger partial charge on any atom is -0.294 e. The Morgan fingerprint density at radius 1 is 1.36 bits per heavy atom. The van der Waals surface area contributed by atoms with E-state index in [0.29, 0.717) is 12.0 Å². The lowest BCUT2D eigenvalue weighted by atomic mass is 9.92. The number of nitrogens with zero attached hydrogens (tertiary/aromatic N) is 2. The molecule has 0 aromatic heterocycles. The van der Waals surface area contributed by atoms with Crippen LogP contribution in [0.25, 0.3) is 0 Å². The van der Waals surface area contributed by atoms with Crippen molar-refractivity contribution in [2.45, 2.75) is 27.2 Å². The largest absolute Gasteiger partial charge is 0.294 e. The lowest BCUT2D eigenvalue weighted by molar-refractivity contribution is 0.283. The zero-order valence-electron chi connectivity index (χ0n) is 8.02. The van der Waals surface area contributed by atoms with Crippen LogP contribution in [0, 0.1) is 16.7 Å². The van der Waals surface area contributed by atoms with E-state index in [1.165, 1.54) is 0 Å². The van der Waals surface area contributed by atoms with E-state index in [4.69, 9.17) is 5.26 Å². The van der Waals surface area contributed by atoms with Gasteiger partial charge in [0, 0.05) is 0 Å². The number of rotatable bonds is 3. The molecule has 0 aliphatic heterocycles. The second kappa shape index (κ2) is 4.35. The fourth-order valence-corrected chi connectivity index (χ4v) is 0.726. The van der Waals surface area contributed by atoms with Crippen LogP contribution in [-0.2, 0) is 0 Å². The summed E-state index contributed by atoms with van der Waals surface area (Å²) in [6.45, 7) is 8.20. The second-order valence-electron chi connectivity index (χ2n) is 4.21. The smallest absolute Gasteiger partial charge is 0.0863 e. The standard InChI is InChI=1S/C9H18N2/c1-9(2,3)5-7-11(4)8-6-10/h5,7-8H2,1-4H3. The third-order valence-electron chi connectivity index (χ3n) is 1.58. The summed E-state index contributed by atoms with van der Waals surface area (Å²) in [6.07, 6.45) is 1.14. The van der Waals surface area contributed by atoms with Gasteiger partial charge in [-0.2, -0.15) is 5.26 Å². The molecule has 11 heavy (non-hydrogen) atoms. The maximum atomic E-state index is 8.37. The van der Waals surface area contributed by atoms with Gasteiger partial charge in [0.2, 0.25) is 0 Å². The first kappa shape index (κ1) is 10.4. The fraction of sp³-hybridized carbons (Fsp3) is 0.889. The summed E-state index contributed by atoms with van der Waals surface area (Å²) in [5.41, 5.74) is 0.379. The Labute approximate surface area is 69.8 Å². The van der Waals surface area contributed by atoms with Crippen molar-refractivity contribution in [3.63, 3.8) is 0 Å². The van der Waals surface area contributed by atoms with Crippen molar-refractivity contribution in [2.75, 3.05) is 20.1 Å². The third kappa shape index (κ3) is 7.35. The molecule has 0 aliphatic carbocycles. The van der Waals surface area contributed by atoms with Gasteiger partial charge in [-0.25, -0.2) is 0 Å². The average molecular weight is 154 g/mol. The zero-order valence-corrected chi connectivity index (χ0v) is 8.02. The Balaban J connectivity index is 3.48. The van der Waals surface area contributed by atoms with Gasteiger partial charge >= 0.3 is 0 Å². The van der Waals surface area contributed by atoms with Crippen LogP contribution in [0.3, 0.4) is 0 Å². The quantitative estimate of drug-likeness (QED) is 0.580. The van der Waals surface area contributed by atoms with Gasteiger partial charge in [0.25, 0.3) is 0 Å². The van der Waals surface area contributed by atoms with Crippen molar-refractivity contribution in [3.05, 3.63) is 0 Å². The molecule has 2 nitrogen and oxygen atoms in total. The fourth-order valence-electron chi connectivity index (χ4n) is 0.726. The summed E-state index contributed by atoms with van der Waals surface area (Å²) in [4.78, 5) is 2.05. The van der Waals surface area contributed by atoms with Gasteiger partial charge < -0.3 is 0 Å². The van der Waals surface area contributed by atoms with E-state index in [-0.39, 0.29) is 0 Å². The monoisotopic (exact) mass is 154 g/mol. The van der Waals surface area contributed by atoms with Gasteiger partial charge in [0.15, 0.2) is 0 Å². The average Bonchev–Trinajstić information content (AvgIpc) is 1.83. The van der Waals surface area contributed by atoms with Crippen molar-refractivity contribution >= 4 is 0 Å². The Bertz CT molecular complexity index is 139. The van der Waals surface area contributed by atoms with E-state index in [2.05, 4.69) is 26.8 Å². The van der Waals surface area contributed by atoms with Crippen LogP contribution < -0.4 is 0 Å². The SMILES string of the molecule is CN(CC#N)CCC(C)(C)C. The molecule has 0 aromatic rings. The van der Waals surface area contributed by atoms with E-state index < -0.39 is 0 Å².